The van der Waals surface area contributed by atoms with Gasteiger partial charge < -0.3 is 53.3 Å². The lowest BCUT2D eigenvalue weighted by molar-refractivity contribution is -0.0774. The van der Waals surface area contributed by atoms with Gasteiger partial charge in [-0.05, 0) is 58.7 Å². The minimum Gasteiger partial charge on any atom is -0.475 e. The lowest BCUT2D eigenvalue weighted by atomic mass is 10.1. The minimum absolute atomic E-state index is 0.0239. The predicted molar refractivity (Wildman–Crippen MR) is 230 cm³/mol. The summed E-state index contributed by atoms with van der Waals surface area (Å²) in [7, 11) is 3.80. The van der Waals surface area contributed by atoms with Gasteiger partial charge in [-0.15, -0.1) is 0 Å². The quantitative estimate of drug-likeness (QED) is 0.0489. The first-order chi connectivity index (χ1) is 29.1. The molecule has 2 aromatic heterocycles. The molecule has 0 saturated carbocycles. The first-order valence-electron chi connectivity index (χ1n) is 19.9. The number of hydrogen-bond donors (Lipinski definition) is 2. The normalized spacial score (nSPS) is 12.0. The average molecular weight is 819 g/mol. The maximum Gasteiger partial charge on any atom is 0.213 e. The highest BCUT2D eigenvalue weighted by Crippen LogP contribution is 2.15. The van der Waals surface area contributed by atoms with Crippen molar-refractivity contribution < 1.29 is 47.0 Å². The second-order valence-electron chi connectivity index (χ2n) is 12.7. The first kappa shape index (κ1) is 46.8. The third kappa shape index (κ3) is 21.1. The van der Waals surface area contributed by atoms with Gasteiger partial charge in [0.25, 0.3) is 0 Å². The van der Waals surface area contributed by atoms with Crippen LogP contribution in [-0.2, 0) is 33.2 Å². The third-order valence-corrected chi connectivity index (χ3v) is 8.34. The number of halogens is 1. The molecule has 0 aliphatic carbocycles. The van der Waals surface area contributed by atoms with Crippen molar-refractivity contribution in [1.82, 2.24) is 9.97 Å². The van der Waals surface area contributed by atoms with Crippen molar-refractivity contribution in [2.75, 3.05) is 131 Å². The van der Waals surface area contributed by atoms with Crippen molar-refractivity contribution in [2.24, 2.45) is 0 Å². The zero-order chi connectivity index (χ0) is 41.4. The first-order valence-corrected chi connectivity index (χ1v) is 19.9. The lowest BCUT2D eigenvalue weighted by Crippen LogP contribution is -2.28. The molecule has 4 aromatic rings. The van der Waals surface area contributed by atoms with Crippen LogP contribution in [0, 0.1) is 0 Å². The van der Waals surface area contributed by atoms with E-state index in [2.05, 4.69) is 44.9 Å². The van der Waals surface area contributed by atoms with Crippen LogP contribution in [0.4, 0.5) is 15.8 Å². The van der Waals surface area contributed by atoms with Gasteiger partial charge in [-0.25, -0.2) is 14.4 Å². The van der Waals surface area contributed by atoms with Crippen LogP contribution >= 0.6 is 0 Å². The van der Waals surface area contributed by atoms with E-state index in [9.17, 15) is 4.39 Å². The van der Waals surface area contributed by atoms with Gasteiger partial charge in [0.15, 0.2) is 0 Å². The van der Waals surface area contributed by atoms with Crippen LogP contribution in [0.15, 0.2) is 85.2 Å². The molecule has 0 bridgehead atoms. The largest absolute Gasteiger partial charge is 0.475 e. The Labute approximate surface area is 347 Å². The molecule has 13 nitrogen and oxygen atoms in total. The van der Waals surface area contributed by atoms with E-state index < -0.39 is 12.8 Å². The highest BCUT2D eigenvalue weighted by Gasteiger charge is 2.10. The molecule has 4 rings (SSSR count). The smallest absolute Gasteiger partial charge is 0.213 e. The monoisotopic (exact) mass is 818 g/mol. The molecule has 14 heteroatoms. The number of hydrogen-bond acceptors (Lipinski definition) is 13. The zero-order valence-corrected chi connectivity index (χ0v) is 34.2. The standard InChI is InChI=1S/C45H59FN4O9/c1-47-41-13-7-37(8-14-41)3-5-39-11-17-44(49-33-39)58-31-29-53-23-21-51-25-27-55-35-43(57-20-19-46)36-56-28-26-52-22-24-54-30-32-59-45-18-12-40(34-50-45)6-4-38-9-15-42(48-2)16-10-38/h3-18,33-34,43,47-48H,19-32,35-36H2,1-2H3. The summed E-state index contributed by atoms with van der Waals surface area (Å²) in [6.07, 6.45) is 11.2. The van der Waals surface area contributed by atoms with Gasteiger partial charge in [0, 0.05) is 50.0 Å². The molecular weight excluding hydrogens is 760 g/mol. The average Bonchev–Trinajstić information content (AvgIpc) is 3.28. The summed E-state index contributed by atoms with van der Waals surface area (Å²) in [5.74, 6) is 1.08. The molecule has 0 atom stereocenters. The molecule has 2 aromatic carbocycles. The lowest BCUT2D eigenvalue weighted by Gasteiger charge is -2.17. The summed E-state index contributed by atoms with van der Waals surface area (Å²) in [5.41, 5.74) is 6.33. The van der Waals surface area contributed by atoms with Gasteiger partial charge in [-0.3, -0.25) is 0 Å². The molecule has 320 valence electrons. The van der Waals surface area contributed by atoms with Crippen molar-refractivity contribution >= 4 is 35.7 Å². The molecule has 0 saturated heterocycles. The Balaban J connectivity index is 0.913. The molecule has 0 spiro atoms. The summed E-state index contributed by atoms with van der Waals surface area (Å²) in [6, 6.07) is 23.9. The zero-order valence-electron chi connectivity index (χ0n) is 34.2. The fourth-order valence-electron chi connectivity index (χ4n) is 5.13. The van der Waals surface area contributed by atoms with Crippen molar-refractivity contribution in [3.05, 3.63) is 107 Å². The Morgan fingerprint density at radius 3 is 1.17 bits per heavy atom. The number of pyridine rings is 2. The number of alkyl halides is 1. The van der Waals surface area contributed by atoms with E-state index in [0.717, 1.165) is 33.6 Å². The van der Waals surface area contributed by atoms with Crippen LogP contribution in [0.5, 0.6) is 11.8 Å². The Bertz CT molecular complexity index is 1570. The van der Waals surface area contributed by atoms with Crippen LogP contribution in [0.3, 0.4) is 0 Å². The molecular formula is C45H59FN4O9. The molecule has 0 aliphatic rings. The van der Waals surface area contributed by atoms with Gasteiger partial charge in [-0.1, -0.05) is 48.6 Å². The van der Waals surface area contributed by atoms with E-state index in [-0.39, 0.29) is 19.8 Å². The Kier molecular flexibility index (Phi) is 23.9. The molecule has 0 amide bonds. The number of ether oxygens (including phenoxy) is 9. The fourth-order valence-corrected chi connectivity index (χ4v) is 5.13. The van der Waals surface area contributed by atoms with E-state index in [0.29, 0.717) is 91.0 Å². The topological polar surface area (TPSA) is 133 Å². The van der Waals surface area contributed by atoms with Crippen LogP contribution in [0.25, 0.3) is 24.3 Å². The van der Waals surface area contributed by atoms with Crippen molar-refractivity contribution in [3.63, 3.8) is 0 Å². The van der Waals surface area contributed by atoms with Gasteiger partial charge in [0.1, 0.15) is 26.0 Å². The maximum atomic E-state index is 12.7. The second kappa shape index (κ2) is 30.2. The minimum atomic E-state index is -0.583. The van der Waals surface area contributed by atoms with E-state index in [4.69, 9.17) is 42.6 Å². The maximum absolute atomic E-state index is 12.7. The van der Waals surface area contributed by atoms with Crippen LogP contribution < -0.4 is 20.1 Å². The summed E-state index contributed by atoms with van der Waals surface area (Å²) in [4.78, 5) is 8.71. The highest BCUT2D eigenvalue weighted by atomic mass is 19.1. The van der Waals surface area contributed by atoms with Crippen LogP contribution in [0.1, 0.15) is 22.3 Å². The summed E-state index contributed by atoms with van der Waals surface area (Å²) < 4.78 is 63.2. The molecule has 0 radical (unpaired) electrons. The third-order valence-electron chi connectivity index (χ3n) is 8.34. The summed E-state index contributed by atoms with van der Waals surface area (Å²) in [6.45, 7) is 4.68. The Hall–Kier alpha value is -4.93. The molecule has 0 fully saturated rings. The van der Waals surface area contributed by atoms with Gasteiger partial charge in [-0.2, -0.15) is 0 Å². The number of aromatic nitrogens is 2. The Morgan fingerprint density at radius 1 is 0.458 bits per heavy atom. The van der Waals surface area contributed by atoms with Gasteiger partial charge in [0.05, 0.1) is 85.9 Å². The van der Waals surface area contributed by atoms with Gasteiger partial charge in [0.2, 0.25) is 11.8 Å². The summed E-state index contributed by atoms with van der Waals surface area (Å²) >= 11 is 0. The number of anilines is 2. The predicted octanol–water partition coefficient (Wildman–Crippen LogP) is 6.81. The molecule has 2 heterocycles. The van der Waals surface area contributed by atoms with E-state index in [1.165, 1.54) is 0 Å². The number of nitrogens with one attached hydrogen (secondary N) is 2. The number of rotatable bonds is 33. The van der Waals surface area contributed by atoms with Crippen LogP contribution in [-0.4, -0.2) is 136 Å². The Morgan fingerprint density at radius 2 is 0.814 bits per heavy atom. The molecule has 0 aliphatic heterocycles. The van der Waals surface area contributed by atoms with E-state index in [1.807, 2.05) is 86.9 Å². The van der Waals surface area contributed by atoms with E-state index >= 15 is 0 Å². The van der Waals surface area contributed by atoms with Crippen LogP contribution in [0.2, 0.25) is 0 Å². The number of nitrogens with zero attached hydrogens (tertiary/aromatic N) is 2. The second-order valence-corrected chi connectivity index (χ2v) is 12.7. The number of benzene rings is 2. The molecule has 0 unspecified atom stereocenters. The van der Waals surface area contributed by atoms with Crippen molar-refractivity contribution in [1.29, 1.82) is 0 Å². The molecule has 59 heavy (non-hydrogen) atoms. The SMILES string of the molecule is CNc1ccc(C=Cc2ccc(OCCOCCOCCOCC(COCCOCCOCCOc3ccc(C=Cc4ccc(NC)cc4)cn3)OCCF)nc2)cc1. The van der Waals surface area contributed by atoms with Crippen molar-refractivity contribution in [2.45, 2.75) is 6.10 Å². The molecule has 2 N–H and O–H groups in total. The van der Waals surface area contributed by atoms with Crippen molar-refractivity contribution in [3.8, 4) is 11.8 Å². The van der Waals surface area contributed by atoms with Gasteiger partial charge >= 0.3 is 0 Å². The highest BCUT2D eigenvalue weighted by molar-refractivity contribution is 5.71. The van der Waals surface area contributed by atoms with E-state index in [1.54, 1.807) is 12.4 Å². The summed E-state index contributed by atoms with van der Waals surface area (Å²) in [5, 5.41) is 6.22. The fraction of sp³-hybridized carbons (Fsp3) is 0.422.